The van der Waals surface area contributed by atoms with E-state index in [4.69, 9.17) is 19.2 Å². The van der Waals surface area contributed by atoms with Crippen LogP contribution in [-0.2, 0) is 11.3 Å². The number of hydrogen-bond donors (Lipinski definition) is 1. The molecule has 2 aliphatic rings. The van der Waals surface area contributed by atoms with E-state index in [0.29, 0.717) is 0 Å². The Hall–Kier alpha value is -1.26. The third-order valence-electron chi connectivity index (χ3n) is 5.40. The zero-order chi connectivity index (χ0) is 20.0. The summed E-state index contributed by atoms with van der Waals surface area (Å²) >= 11 is 0. The standard InChI is InChI=1S/C21H34N4O3.HI/c1-5-22-20(23-14-21(2)15-28-16-21)25-10-8-24(9-11-25)13-17-12-18(26-3)6-7-19(17)27-4;/h6-7,12H,5,8-11,13-16H2,1-4H3,(H,22,23);1H. The van der Waals surface area contributed by atoms with Gasteiger partial charge in [-0.05, 0) is 25.1 Å². The molecule has 8 heteroatoms. The smallest absolute Gasteiger partial charge is 0.194 e. The predicted molar refractivity (Wildman–Crippen MR) is 127 cm³/mol. The minimum Gasteiger partial charge on any atom is -0.497 e. The maximum Gasteiger partial charge on any atom is 0.194 e. The summed E-state index contributed by atoms with van der Waals surface area (Å²) in [5.74, 6) is 2.80. The second-order valence-corrected chi connectivity index (χ2v) is 7.91. The first-order chi connectivity index (χ1) is 13.6. The molecular formula is C21H35IN4O3. The van der Waals surface area contributed by atoms with Gasteiger partial charge in [0.2, 0.25) is 0 Å². The van der Waals surface area contributed by atoms with Crippen LogP contribution in [-0.4, -0.2) is 82.5 Å². The van der Waals surface area contributed by atoms with Gasteiger partial charge < -0.3 is 24.4 Å². The van der Waals surface area contributed by atoms with Crippen LogP contribution in [0.2, 0.25) is 0 Å². The molecule has 164 valence electrons. The lowest BCUT2D eigenvalue weighted by Crippen LogP contribution is -2.52. The van der Waals surface area contributed by atoms with Gasteiger partial charge in [0.25, 0.3) is 0 Å². The summed E-state index contributed by atoms with van der Waals surface area (Å²) in [6.45, 7) is 12.4. The molecule has 1 aromatic rings. The molecule has 0 amide bonds. The maximum absolute atomic E-state index is 5.53. The lowest BCUT2D eigenvalue weighted by atomic mass is 9.89. The normalized spacial score (nSPS) is 19.2. The molecule has 2 heterocycles. The van der Waals surface area contributed by atoms with Crippen LogP contribution in [0.4, 0.5) is 0 Å². The summed E-state index contributed by atoms with van der Waals surface area (Å²) in [7, 11) is 3.41. The van der Waals surface area contributed by atoms with Crippen molar-refractivity contribution >= 4 is 29.9 Å². The Labute approximate surface area is 191 Å². The molecular weight excluding hydrogens is 483 g/mol. The summed E-state index contributed by atoms with van der Waals surface area (Å²) in [5.41, 5.74) is 1.36. The fourth-order valence-electron chi connectivity index (χ4n) is 3.60. The molecule has 0 atom stereocenters. The molecule has 7 nitrogen and oxygen atoms in total. The number of halogens is 1. The summed E-state index contributed by atoms with van der Waals surface area (Å²) < 4.78 is 16.3. The largest absolute Gasteiger partial charge is 0.497 e. The van der Waals surface area contributed by atoms with E-state index >= 15 is 0 Å². The molecule has 2 fully saturated rings. The molecule has 0 aromatic heterocycles. The molecule has 0 aliphatic carbocycles. The topological polar surface area (TPSA) is 58.6 Å². The van der Waals surface area contributed by atoms with Crippen molar-refractivity contribution in [2.75, 3.05) is 66.7 Å². The Balaban J connectivity index is 0.00000300. The number of nitrogens with one attached hydrogen (secondary N) is 1. The van der Waals surface area contributed by atoms with Crippen molar-refractivity contribution in [2.45, 2.75) is 20.4 Å². The molecule has 0 radical (unpaired) electrons. The summed E-state index contributed by atoms with van der Waals surface area (Å²) in [5, 5.41) is 3.45. The van der Waals surface area contributed by atoms with Crippen LogP contribution in [0.15, 0.2) is 23.2 Å². The molecule has 0 bridgehead atoms. The molecule has 1 N–H and O–H groups in total. The molecule has 0 spiro atoms. The Morgan fingerprint density at radius 2 is 1.90 bits per heavy atom. The van der Waals surface area contributed by atoms with Gasteiger partial charge in [-0.15, -0.1) is 24.0 Å². The van der Waals surface area contributed by atoms with Gasteiger partial charge in [0.1, 0.15) is 11.5 Å². The van der Waals surface area contributed by atoms with Crippen molar-refractivity contribution in [2.24, 2.45) is 10.4 Å². The van der Waals surface area contributed by atoms with Gasteiger partial charge in [0.15, 0.2) is 5.96 Å². The number of methoxy groups -OCH3 is 2. The van der Waals surface area contributed by atoms with Crippen molar-refractivity contribution in [3.05, 3.63) is 23.8 Å². The van der Waals surface area contributed by atoms with E-state index in [1.165, 1.54) is 0 Å². The Bertz CT molecular complexity index is 674. The van der Waals surface area contributed by atoms with Gasteiger partial charge >= 0.3 is 0 Å². The van der Waals surface area contributed by atoms with Gasteiger partial charge in [-0.25, -0.2) is 0 Å². The Kier molecular flexibility index (Phi) is 9.29. The first-order valence-electron chi connectivity index (χ1n) is 10.1. The molecule has 1 aromatic carbocycles. The number of hydrogen-bond acceptors (Lipinski definition) is 5. The number of rotatable bonds is 7. The van der Waals surface area contributed by atoms with Gasteiger partial charge in [-0.3, -0.25) is 9.89 Å². The van der Waals surface area contributed by atoms with Crippen LogP contribution in [0.1, 0.15) is 19.4 Å². The van der Waals surface area contributed by atoms with Gasteiger partial charge in [0.05, 0.1) is 34.0 Å². The van der Waals surface area contributed by atoms with Gasteiger partial charge in [-0.1, -0.05) is 6.92 Å². The van der Waals surface area contributed by atoms with Crippen molar-refractivity contribution < 1.29 is 14.2 Å². The second-order valence-electron chi connectivity index (χ2n) is 7.91. The monoisotopic (exact) mass is 518 g/mol. The highest BCUT2D eigenvalue weighted by Crippen LogP contribution is 2.27. The first-order valence-corrected chi connectivity index (χ1v) is 10.1. The van der Waals surface area contributed by atoms with Crippen LogP contribution >= 0.6 is 24.0 Å². The maximum atomic E-state index is 5.53. The number of piperazine rings is 1. The van der Waals surface area contributed by atoms with Crippen LogP contribution in [0.5, 0.6) is 11.5 Å². The zero-order valence-corrected chi connectivity index (χ0v) is 20.4. The van der Waals surface area contributed by atoms with E-state index < -0.39 is 0 Å². The van der Waals surface area contributed by atoms with Crippen molar-refractivity contribution in [3.8, 4) is 11.5 Å². The first kappa shape index (κ1) is 24.0. The number of benzene rings is 1. The molecule has 0 saturated carbocycles. The minimum absolute atomic E-state index is 0. The number of aliphatic imine (C=N–C) groups is 1. The summed E-state index contributed by atoms with van der Waals surface area (Å²) in [4.78, 5) is 9.71. The molecule has 29 heavy (non-hydrogen) atoms. The average molecular weight is 518 g/mol. The van der Waals surface area contributed by atoms with Crippen molar-refractivity contribution in [3.63, 3.8) is 0 Å². The minimum atomic E-state index is 0. The highest BCUT2D eigenvalue weighted by atomic mass is 127. The van der Waals surface area contributed by atoms with E-state index in [2.05, 4.69) is 35.0 Å². The van der Waals surface area contributed by atoms with E-state index in [1.807, 2.05) is 12.1 Å². The highest BCUT2D eigenvalue weighted by Gasteiger charge is 2.33. The molecule has 2 saturated heterocycles. The fraction of sp³-hybridized carbons (Fsp3) is 0.667. The zero-order valence-electron chi connectivity index (χ0n) is 18.1. The second kappa shape index (κ2) is 11.2. The lowest BCUT2D eigenvalue weighted by molar-refractivity contribution is -0.0946. The van der Waals surface area contributed by atoms with Gasteiger partial charge in [0, 0.05) is 50.2 Å². The van der Waals surface area contributed by atoms with Crippen molar-refractivity contribution in [1.82, 2.24) is 15.1 Å². The Morgan fingerprint density at radius 1 is 1.17 bits per heavy atom. The summed E-state index contributed by atoms with van der Waals surface area (Å²) in [6.07, 6.45) is 0. The van der Waals surface area contributed by atoms with Gasteiger partial charge in [-0.2, -0.15) is 0 Å². The van der Waals surface area contributed by atoms with Crippen molar-refractivity contribution in [1.29, 1.82) is 0 Å². The highest BCUT2D eigenvalue weighted by molar-refractivity contribution is 14.0. The SMILES string of the molecule is CCNC(=NCC1(C)COC1)N1CCN(Cc2cc(OC)ccc2OC)CC1.I. The van der Waals surface area contributed by atoms with E-state index in [0.717, 1.165) is 82.0 Å². The fourth-order valence-corrected chi connectivity index (χ4v) is 3.60. The molecule has 0 unspecified atom stereocenters. The predicted octanol–water partition coefficient (Wildman–Crippen LogP) is 2.44. The van der Waals surface area contributed by atoms with Crippen LogP contribution < -0.4 is 14.8 Å². The Morgan fingerprint density at radius 3 is 2.45 bits per heavy atom. The summed E-state index contributed by atoms with van der Waals surface area (Å²) in [6, 6.07) is 5.98. The lowest BCUT2D eigenvalue weighted by Gasteiger charge is -2.39. The number of nitrogens with zero attached hydrogens (tertiary/aromatic N) is 3. The third kappa shape index (κ3) is 6.36. The number of guanidine groups is 1. The molecule has 2 aliphatic heterocycles. The average Bonchev–Trinajstić information content (AvgIpc) is 2.70. The van der Waals surface area contributed by atoms with E-state index in [1.54, 1.807) is 14.2 Å². The number of ether oxygens (including phenoxy) is 3. The van der Waals surface area contributed by atoms with Crippen LogP contribution in [0.25, 0.3) is 0 Å². The molecule has 3 rings (SSSR count). The third-order valence-corrected chi connectivity index (χ3v) is 5.40. The van der Waals surface area contributed by atoms with Crippen LogP contribution in [0.3, 0.4) is 0 Å². The van der Waals surface area contributed by atoms with E-state index in [-0.39, 0.29) is 29.4 Å². The quantitative estimate of drug-likeness (QED) is 0.340. The van der Waals surface area contributed by atoms with Crippen LogP contribution in [0, 0.1) is 5.41 Å². The van der Waals surface area contributed by atoms with E-state index in [9.17, 15) is 0 Å².